The number of aromatic nitrogens is 2. The standard InChI is InChI=1S/C25H29N3O/c1-27-23-10-3-2-9-22(23)26-24(27)21-8-6-7-20(17-21)18-11-13-19(14-12-18)25(29)28-15-4-5-16-28/h2-3,6-10,17-19H,4-5,11-16H2,1H3. The summed E-state index contributed by atoms with van der Waals surface area (Å²) in [7, 11) is 2.09. The molecule has 2 aromatic carbocycles. The summed E-state index contributed by atoms with van der Waals surface area (Å²) in [5.74, 6) is 2.22. The van der Waals surface area contributed by atoms with E-state index >= 15 is 0 Å². The van der Waals surface area contributed by atoms with Crippen LogP contribution in [0.15, 0.2) is 48.5 Å². The third kappa shape index (κ3) is 3.45. The molecule has 0 unspecified atom stereocenters. The molecular weight excluding hydrogens is 358 g/mol. The highest BCUT2D eigenvalue weighted by Crippen LogP contribution is 2.38. The van der Waals surface area contributed by atoms with Crippen LogP contribution >= 0.6 is 0 Å². The van der Waals surface area contributed by atoms with Crippen molar-refractivity contribution in [2.24, 2.45) is 13.0 Å². The fourth-order valence-corrected chi connectivity index (χ4v) is 5.20. The van der Waals surface area contributed by atoms with Crippen LogP contribution in [0.5, 0.6) is 0 Å². The molecule has 2 aliphatic rings. The van der Waals surface area contributed by atoms with Crippen molar-refractivity contribution in [1.82, 2.24) is 14.5 Å². The first kappa shape index (κ1) is 18.4. The number of benzene rings is 2. The molecule has 2 fully saturated rings. The Kier molecular flexibility index (Phi) is 4.86. The molecule has 150 valence electrons. The Balaban J connectivity index is 1.33. The average Bonchev–Trinajstić information content (AvgIpc) is 3.42. The van der Waals surface area contributed by atoms with E-state index in [0.717, 1.165) is 55.6 Å². The van der Waals surface area contributed by atoms with Crippen LogP contribution in [0, 0.1) is 5.92 Å². The van der Waals surface area contributed by atoms with E-state index in [4.69, 9.17) is 4.98 Å². The number of carbonyl (C=O) groups excluding carboxylic acids is 1. The molecule has 1 amide bonds. The molecule has 0 radical (unpaired) electrons. The predicted octanol–water partition coefficient (Wildman–Crippen LogP) is 5.14. The second-order valence-electron chi connectivity index (χ2n) is 8.69. The van der Waals surface area contributed by atoms with Crippen LogP contribution < -0.4 is 0 Å². The van der Waals surface area contributed by atoms with Gasteiger partial charge in [0.15, 0.2) is 0 Å². The van der Waals surface area contributed by atoms with Gasteiger partial charge in [0.25, 0.3) is 0 Å². The van der Waals surface area contributed by atoms with Crippen LogP contribution in [-0.4, -0.2) is 33.4 Å². The maximum Gasteiger partial charge on any atom is 0.225 e. The molecule has 2 heterocycles. The van der Waals surface area contributed by atoms with Gasteiger partial charge in [-0.2, -0.15) is 0 Å². The van der Waals surface area contributed by atoms with E-state index < -0.39 is 0 Å². The Morgan fingerprint density at radius 2 is 1.72 bits per heavy atom. The van der Waals surface area contributed by atoms with Crippen LogP contribution in [0.3, 0.4) is 0 Å². The first-order chi connectivity index (χ1) is 14.2. The van der Waals surface area contributed by atoms with Crippen LogP contribution in [0.2, 0.25) is 0 Å². The highest BCUT2D eigenvalue weighted by molar-refractivity contribution is 5.81. The zero-order valence-electron chi connectivity index (χ0n) is 17.2. The third-order valence-electron chi connectivity index (χ3n) is 6.90. The van der Waals surface area contributed by atoms with Crippen molar-refractivity contribution in [3.63, 3.8) is 0 Å². The second kappa shape index (κ2) is 7.66. The molecule has 5 rings (SSSR count). The Morgan fingerprint density at radius 1 is 0.966 bits per heavy atom. The zero-order chi connectivity index (χ0) is 19.8. The molecule has 0 spiro atoms. The second-order valence-corrected chi connectivity index (χ2v) is 8.69. The topological polar surface area (TPSA) is 38.1 Å². The number of para-hydroxylation sites is 2. The largest absolute Gasteiger partial charge is 0.342 e. The van der Waals surface area contributed by atoms with E-state index in [-0.39, 0.29) is 5.92 Å². The van der Waals surface area contributed by atoms with E-state index in [0.29, 0.717) is 11.8 Å². The normalized spacial score (nSPS) is 22.3. The first-order valence-corrected chi connectivity index (χ1v) is 11.0. The molecule has 3 aromatic rings. The van der Waals surface area contributed by atoms with Crippen LogP contribution in [0.4, 0.5) is 0 Å². The monoisotopic (exact) mass is 387 g/mol. The summed E-state index contributed by atoms with van der Waals surface area (Å²) in [5, 5.41) is 0. The Labute approximate surface area is 172 Å². The molecule has 1 aliphatic heterocycles. The average molecular weight is 388 g/mol. The Hall–Kier alpha value is -2.62. The molecule has 1 saturated heterocycles. The number of likely N-dealkylation sites (tertiary alicyclic amines) is 1. The molecule has 1 aromatic heterocycles. The first-order valence-electron chi connectivity index (χ1n) is 11.0. The number of fused-ring (bicyclic) bond motifs is 1. The van der Waals surface area contributed by atoms with Gasteiger partial charge in [-0.15, -0.1) is 0 Å². The molecule has 0 atom stereocenters. The van der Waals surface area contributed by atoms with E-state index in [2.05, 4.69) is 59.0 Å². The van der Waals surface area contributed by atoms with Gasteiger partial charge >= 0.3 is 0 Å². The summed E-state index contributed by atoms with van der Waals surface area (Å²) in [6.07, 6.45) is 6.62. The quantitative estimate of drug-likeness (QED) is 0.624. The maximum atomic E-state index is 12.7. The Morgan fingerprint density at radius 3 is 2.48 bits per heavy atom. The highest BCUT2D eigenvalue weighted by atomic mass is 16.2. The van der Waals surface area contributed by atoms with Crippen molar-refractivity contribution in [3.05, 3.63) is 54.1 Å². The molecule has 4 nitrogen and oxygen atoms in total. The molecule has 4 heteroatoms. The SMILES string of the molecule is Cn1c(-c2cccc(C3CCC(C(=O)N4CCCC4)CC3)c2)nc2ccccc21. The third-order valence-corrected chi connectivity index (χ3v) is 6.90. The van der Waals surface area contributed by atoms with Gasteiger partial charge in [0.1, 0.15) is 5.82 Å². The Bertz CT molecular complexity index is 1020. The number of hydrogen-bond donors (Lipinski definition) is 0. The molecule has 0 N–H and O–H groups in total. The lowest BCUT2D eigenvalue weighted by molar-refractivity contribution is -0.135. The van der Waals surface area contributed by atoms with Crippen LogP contribution in [0.1, 0.15) is 50.0 Å². The van der Waals surface area contributed by atoms with Gasteiger partial charge in [0.2, 0.25) is 5.91 Å². The van der Waals surface area contributed by atoms with Gasteiger partial charge < -0.3 is 9.47 Å². The lowest BCUT2D eigenvalue weighted by Gasteiger charge is -2.30. The summed E-state index contributed by atoms with van der Waals surface area (Å²) in [4.78, 5) is 19.7. The van der Waals surface area contributed by atoms with E-state index in [9.17, 15) is 4.79 Å². The van der Waals surface area contributed by atoms with Crippen molar-refractivity contribution < 1.29 is 4.79 Å². The zero-order valence-corrected chi connectivity index (χ0v) is 17.2. The van der Waals surface area contributed by atoms with Crippen LogP contribution in [-0.2, 0) is 11.8 Å². The van der Waals surface area contributed by atoms with Gasteiger partial charge in [0, 0.05) is 31.6 Å². The van der Waals surface area contributed by atoms with Crippen molar-refractivity contribution in [3.8, 4) is 11.4 Å². The minimum atomic E-state index is 0.243. The number of aryl methyl sites for hydroxylation is 1. The van der Waals surface area contributed by atoms with Gasteiger partial charge in [-0.3, -0.25) is 4.79 Å². The minimum absolute atomic E-state index is 0.243. The number of hydrogen-bond acceptors (Lipinski definition) is 2. The lowest BCUT2D eigenvalue weighted by Crippen LogP contribution is -2.35. The minimum Gasteiger partial charge on any atom is -0.342 e. The number of amides is 1. The van der Waals surface area contributed by atoms with Crippen molar-refractivity contribution in [2.45, 2.75) is 44.4 Å². The van der Waals surface area contributed by atoms with E-state index in [1.54, 1.807) is 0 Å². The number of imidazole rings is 1. The number of carbonyl (C=O) groups is 1. The van der Waals surface area contributed by atoms with Gasteiger partial charge in [-0.1, -0.05) is 30.3 Å². The van der Waals surface area contributed by atoms with Crippen molar-refractivity contribution >= 4 is 16.9 Å². The molecule has 1 aliphatic carbocycles. The van der Waals surface area contributed by atoms with E-state index in [1.165, 1.54) is 24.0 Å². The number of nitrogens with zero attached hydrogens (tertiary/aromatic N) is 3. The lowest BCUT2D eigenvalue weighted by atomic mass is 9.78. The summed E-state index contributed by atoms with van der Waals surface area (Å²) in [5.41, 5.74) is 4.77. The van der Waals surface area contributed by atoms with E-state index in [1.807, 2.05) is 6.07 Å². The molecule has 0 bridgehead atoms. The maximum absolute atomic E-state index is 12.7. The molecule has 1 saturated carbocycles. The fraction of sp³-hybridized carbons (Fsp3) is 0.440. The van der Waals surface area contributed by atoms with Gasteiger partial charge in [0.05, 0.1) is 11.0 Å². The summed E-state index contributed by atoms with van der Waals surface area (Å²) < 4.78 is 2.18. The van der Waals surface area contributed by atoms with Crippen molar-refractivity contribution in [2.75, 3.05) is 13.1 Å². The summed E-state index contributed by atoms with van der Waals surface area (Å²) in [6, 6.07) is 17.2. The predicted molar refractivity (Wildman–Crippen MR) is 117 cm³/mol. The summed E-state index contributed by atoms with van der Waals surface area (Å²) in [6.45, 7) is 1.94. The molecular formula is C25H29N3O. The fourth-order valence-electron chi connectivity index (χ4n) is 5.20. The van der Waals surface area contributed by atoms with Crippen molar-refractivity contribution in [1.29, 1.82) is 0 Å². The smallest absolute Gasteiger partial charge is 0.225 e. The van der Waals surface area contributed by atoms with Crippen LogP contribution in [0.25, 0.3) is 22.4 Å². The summed E-state index contributed by atoms with van der Waals surface area (Å²) >= 11 is 0. The molecule has 29 heavy (non-hydrogen) atoms. The highest BCUT2D eigenvalue weighted by Gasteiger charge is 2.31. The van der Waals surface area contributed by atoms with Gasteiger partial charge in [-0.25, -0.2) is 4.98 Å². The van der Waals surface area contributed by atoms with Gasteiger partial charge in [-0.05, 0) is 68.2 Å². The number of rotatable bonds is 3.